The summed E-state index contributed by atoms with van der Waals surface area (Å²) in [5, 5.41) is 0. The summed E-state index contributed by atoms with van der Waals surface area (Å²) in [4.78, 5) is 2.43. The van der Waals surface area contributed by atoms with E-state index in [0.717, 1.165) is 13.1 Å². The molecule has 12 heavy (non-hydrogen) atoms. The Kier molecular flexibility index (Phi) is 5.23. The van der Waals surface area contributed by atoms with Gasteiger partial charge >= 0.3 is 0 Å². The van der Waals surface area contributed by atoms with Crippen LogP contribution in [0.2, 0.25) is 0 Å². The van der Waals surface area contributed by atoms with Gasteiger partial charge in [-0.15, -0.1) is 0 Å². The highest BCUT2D eigenvalue weighted by Gasteiger charge is 2.14. The molecule has 0 aromatic rings. The molecule has 1 heteroatoms. The average molecular weight is 169 g/mol. The molecule has 0 amide bonds. The van der Waals surface area contributed by atoms with Crippen molar-refractivity contribution in [1.29, 1.82) is 0 Å². The smallest absolute Gasteiger partial charge is 0.0278 e. The topological polar surface area (TPSA) is 3.24 Å². The second-order valence-electron chi connectivity index (χ2n) is 3.63. The number of likely N-dealkylation sites (N-methyl/N-ethyl adjacent to an activating group) is 1. The van der Waals surface area contributed by atoms with Gasteiger partial charge in [-0.2, -0.15) is 0 Å². The molecule has 0 aliphatic heterocycles. The molecule has 1 unspecified atom stereocenters. The van der Waals surface area contributed by atoms with Crippen molar-refractivity contribution in [3.05, 3.63) is 12.2 Å². The lowest BCUT2D eigenvalue weighted by Crippen LogP contribution is -2.35. The SMILES string of the molecule is C=C(C(C)C)C(C)N(CC)CC. The number of nitrogens with zero attached hydrogens (tertiary/aromatic N) is 1. The van der Waals surface area contributed by atoms with E-state index in [1.807, 2.05) is 0 Å². The van der Waals surface area contributed by atoms with Crippen LogP contribution in [0.4, 0.5) is 0 Å². The van der Waals surface area contributed by atoms with Crippen LogP contribution >= 0.6 is 0 Å². The Hall–Kier alpha value is -0.300. The lowest BCUT2D eigenvalue weighted by atomic mass is 9.97. The summed E-state index contributed by atoms with van der Waals surface area (Å²) >= 11 is 0. The second kappa shape index (κ2) is 5.36. The highest BCUT2D eigenvalue weighted by atomic mass is 15.1. The summed E-state index contributed by atoms with van der Waals surface area (Å²) in [6.45, 7) is 17.4. The zero-order valence-corrected chi connectivity index (χ0v) is 9.22. The van der Waals surface area contributed by atoms with E-state index in [4.69, 9.17) is 0 Å². The van der Waals surface area contributed by atoms with Gasteiger partial charge in [-0.1, -0.05) is 39.8 Å². The fraction of sp³-hybridized carbons (Fsp3) is 0.818. The van der Waals surface area contributed by atoms with Crippen molar-refractivity contribution in [3.8, 4) is 0 Å². The van der Waals surface area contributed by atoms with Gasteiger partial charge in [0.2, 0.25) is 0 Å². The Balaban J connectivity index is 4.15. The third kappa shape index (κ3) is 2.98. The summed E-state index contributed by atoms with van der Waals surface area (Å²) in [5.74, 6) is 0.598. The molecule has 0 rings (SSSR count). The third-order valence-electron chi connectivity index (χ3n) is 2.64. The lowest BCUT2D eigenvalue weighted by molar-refractivity contribution is 0.249. The van der Waals surface area contributed by atoms with Crippen molar-refractivity contribution in [3.63, 3.8) is 0 Å². The van der Waals surface area contributed by atoms with Gasteiger partial charge in [0.1, 0.15) is 0 Å². The lowest BCUT2D eigenvalue weighted by Gasteiger charge is -2.29. The first kappa shape index (κ1) is 11.7. The maximum atomic E-state index is 4.13. The first-order chi connectivity index (χ1) is 5.54. The number of hydrogen-bond donors (Lipinski definition) is 0. The van der Waals surface area contributed by atoms with E-state index in [1.54, 1.807) is 0 Å². The van der Waals surface area contributed by atoms with Crippen molar-refractivity contribution in [2.75, 3.05) is 13.1 Å². The zero-order valence-electron chi connectivity index (χ0n) is 9.22. The molecule has 0 aliphatic carbocycles. The van der Waals surface area contributed by atoms with E-state index in [1.165, 1.54) is 5.57 Å². The van der Waals surface area contributed by atoms with E-state index in [9.17, 15) is 0 Å². The summed E-state index contributed by atoms with van der Waals surface area (Å²) in [5.41, 5.74) is 1.35. The molecule has 0 bridgehead atoms. The minimum absolute atomic E-state index is 0.528. The quantitative estimate of drug-likeness (QED) is 0.572. The normalized spacial score (nSPS) is 13.9. The molecule has 0 aliphatic rings. The Bertz CT molecular complexity index is 134. The van der Waals surface area contributed by atoms with Crippen LogP contribution in [0.1, 0.15) is 34.6 Å². The Morgan fingerprint density at radius 1 is 1.17 bits per heavy atom. The summed E-state index contributed by atoms with van der Waals surface area (Å²) in [6, 6.07) is 0.528. The zero-order chi connectivity index (χ0) is 9.72. The highest BCUT2D eigenvalue weighted by Crippen LogP contribution is 2.16. The molecule has 1 atom stereocenters. The fourth-order valence-corrected chi connectivity index (χ4v) is 1.49. The molecule has 0 fully saturated rings. The Morgan fingerprint density at radius 3 is 1.83 bits per heavy atom. The van der Waals surface area contributed by atoms with Crippen LogP contribution in [0.25, 0.3) is 0 Å². The molecule has 0 aromatic heterocycles. The van der Waals surface area contributed by atoms with Crippen LogP contribution < -0.4 is 0 Å². The van der Waals surface area contributed by atoms with Gasteiger partial charge in [0, 0.05) is 6.04 Å². The van der Waals surface area contributed by atoms with Crippen molar-refractivity contribution >= 4 is 0 Å². The van der Waals surface area contributed by atoms with Gasteiger partial charge in [0.05, 0.1) is 0 Å². The predicted molar refractivity (Wildman–Crippen MR) is 56.4 cm³/mol. The number of rotatable bonds is 5. The minimum atomic E-state index is 0.528. The van der Waals surface area contributed by atoms with Crippen LogP contribution in [0.15, 0.2) is 12.2 Å². The maximum absolute atomic E-state index is 4.13. The molecule has 0 heterocycles. The maximum Gasteiger partial charge on any atom is 0.0278 e. The molecule has 72 valence electrons. The minimum Gasteiger partial charge on any atom is -0.297 e. The van der Waals surface area contributed by atoms with Gasteiger partial charge in [-0.3, -0.25) is 4.90 Å². The van der Waals surface area contributed by atoms with Gasteiger partial charge in [-0.05, 0) is 25.9 Å². The van der Waals surface area contributed by atoms with Crippen molar-refractivity contribution in [2.24, 2.45) is 5.92 Å². The first-order valence-corrected chi connectivity index (χ1v) is 4.97. The van der Waals surface area contributed by atoms with Crippen molar-refractivity contribution in [2.45, 2.75) is 40.7 Å². The van der Waals surface area contributed by atoms with E-state index in [2.05, 4.69) is 46.1 Å². The van der Waals surface area contributed by atoms with Crippen LogP contribution in [-0.4, -0.2) is 24.0 Å². The summed E-state index contributed by atoms with van der Waals surface area (Å²) in [7, 11) is 0. The van der Waals surface area contributed by atoms with Crippen LogP contribution in [-0.2, 0) is 0 Å². The van der Waals surface area contributed by atoms with Gasteiger partial charge < -0.3 is 0 Å². The molecule has 0 spiro atoms. The molecule has 0 saturated heterocycles. The Labute approximate surface area is 77.5 Å². The Morgan fingerprint density at radius 2 is 1.58 bits per heavy atom. The molecule has 0 saturated carbocycles. The van der Waals surface area contributed by atoms with E-state index < -0.39 is 0 Å². The fourth-order valence-electron chi connectivity index (χ4n) is 1.49. The van der Waals surface area contributed by atoms with E-state index in [-0.39, 0.29) is 0 Å². The molecule has 0 aromatic carbocycles. The summed E-state index contributed by atoms with van der Waals surface area (Å²) in [6.07, 6.45) is 0. The summed E-state index contributed by atoms with van der Waals surface area (Å²) < 4.78 is 0. The largest absolute Gasteiger partial charge is 0.297 e. The van der Waals surface area contributed by atoms with Crippen LogP contribution in [0, 0.1) is 5.92 Å². The molecule has 1 nitrogen and oxygen atoms in total. The van der Waals surface area contributed by atoms with Crippen LogP contribution in [0.5, 0.6) is 0 Å². The van der Waals surface area contributed by atoms with Gasteiger partial charge in [-0.25, -0.2) is 0 Å². The monoisotopic (exact) mass is 169 g/mol. The standard InChI is InChI=1S/C11H23N/c1-7-12(8-2)11(6)10(5)9(3)4/h9,11H,5,7-8H2,1-4,6H3. The third-order valence-corrected chi connectivity index (χ3v) is 2.64. The van der Waals surface area contributed by atoms with Gasteiger partial charge in [0.15, 0.2) is 0 Å². The van der Waals surface area contributed by atoms with Crippen LogP contribution in [0.3, 0.4) is 0 Å². The second-order valence-corrected chi connectivity index (χ2v) is 3.63. The molecular formula is C11H23N. The van der Waals surface area contributed by atoms with Gasteiger partial charge in [0.25, 0.3) is 0 Å². The molecule has 0 radical (unpaired) electrons. The van der Waals surface area contributed by atoms with Crippen molar-refractivity contribution < 1.29 is 0 Å². The van der Waals surface area contributed by atoms with E-state index in [0.29, 0.717) is 12.0 Å². The number of hydrogen-bond acceptors (Lipinski definition) is 1. The predicted octanol–water partition coefficient (Wildman–Crippen LogP) is 2.93. The van der Waals surface area contributed by atoms with Crippen molar-refractivity contribution in [1.82, 2.24) is 4.90 Å². The average Bonchev–Trinajstić information content (AvgIpc) is 2.05. The molecule has 0 N–H and O–H groups in total. The molecular weight excluding hydrogens is 146 g/mol. The van der Waals surface area contributed by atoms with E-state index >= 15 is 0 Å². The highest BCUT2D eigenvalue weighted by molar-refractivity contribution is 5.06. The first-order valence-electron chi connectivity index (χ1n) is 4.97.